The number of nitrogens with zero attached hydrogens (tertiary/aromatic N) is 3. The molecule has 1 saturated carbocycles. The first-order valence-corrected chi connectivity index (χ1v) is 6.92. The predicted octanol–water partition coefficient (Wildman–Crippen LogP) is 2.29. The van der Waals surface area contributed by atoms with E-state index in [0.29, 0.717) is 5.41 Å². The van der Waals surface area contributed by atoms with E-state index in [0.717, 1.165) is 31.0 Å². The van der Waals surface area contributed by atoms with Crippen molar-refractivity contribution in [2.75, 3.05) is 0 Å². The van der Waals surface area contributed by atoms with Gasteiger partial charge in [0.2, 0.25) is 0 Å². The van der Waals surface area contributed by atoms with Crippen molar-refractivity contribution in [3.8, 4) is 0 Å². The maximum atomic E-state index is 6.54. The molecule has 0 aliphatic heterocycles. The van der Waals surface area contributed by atoms with Crippen LogP contribution in [-0.2, 0) is 13.5 Å². The molecule has 0 aromatic carbocycles. The van der Waals surface area contributed by atoms with Gasteiger partial charge in [0.15, 0.2) is 0 Å². The Kier molecular flexibility index (Phi) is 3.49. The molecule has 0 saturated heterocycles. The fraction of sp³-hybridized carbons (Fsp3) is 0.857. The van der Waals surface area contributed by atoms with Crippen molar-refractivity contribution in [2.24, 2.45) is 24.1 Å². The summed E-state index contributed by atoms with van der Waals surface area (Å²) >= 11 is 0. The summed E-state index contributed by atoms with van der Waals surface area (Å²) in [4.78, 5) is 4.29. The first-order chi connectivity index (χ1) is 8.30. The van der Waals surface area contributed by atoms with Gasteiger partial charge >= 0.3 is 0 Å². The van der Waals surface area contributed by atoms with Crippen molar-refractivity contribution in [3.63, 3.8) is 0 Å². The number of aryl methyl sites for hydroxylation is 1. The van der Waals surface area contributed by atoms with E-state index in [-0.39, 0.29) is 5.54 Å². The van der Waals surface area contributed by atoms with Crippen LogP contribution in [0.25, 0.3) is 0 Å². The first-order valence-electron chi connectivity index (χ1n) is 6.92. The van der Waals surface area contributed by atoms with E-state index in [9.17, 15) is 0 Å². The molecule has 1 aromatic heterocycles. The lowest BCUT2D eigenvalue weighted by atomic mass is 9.67. The molecule has 2 rings (SSSR count). The summed E-state index contributed by atoms with van der Waals surface area (Å²) in [6.07, 6.45) is 7.12. The molecular weight excluding hydrogens is 224 g/mol. The Morgan fingerprint density at radius 2 is 2.00 bits per heavy atom. The van der Waals surface area contributed by atoms with Crippen LogP contribution in [0.15, 0.2) is 6.33 Å². The van der Waals surface area contributed by atoms with Gasteiger partial charge in [-0.3, -0.25) is 4.68 Å². The molecule has 0 spiro atoms. The van der Waals surface area contributed by atoms with Crippen LogP contribution >= 0.6 is 0 Å². The van der Waals surface area contributed by atoms with Crippen molar-refractivity contribution in [1.82, 2.24) is 14.8 Å². The molecule has 18 heavy (non-hydrogen) atoms. The molecule has 1 heterocycles. The van der Waals surface area contributed by atoms with E-state index < -0.39 is 0 Å². The lowest BCUT2D eigenvalue weighted by Gasteiger charge is -2.42. The molecule has 0 radical (unpaired) electrons. The number of hydrogen-bond donors (Lipinski definition) is 1. The van der Waals surface area contributed by atoms with Gasteiger partial charge < -0.3 is 5.73 Å². The second-order valence-corrected chi connectivity index (χ2v) is 6.98. The summed E-state index contributed by atoms with van der Waals surface area (Å²) in [6, 6.07) is 0. The van der Waals surface area contributed by atoms with Gasteiger partial charge in [-0.25, -0.2) is 4.98 Å². The fourth-order valence-corrected chi connectivity index (χ4v) is 3.03. The van der Waals surface area contributed by atoms with E-state index in [1.165, 1.54) is 12.8 Å². The molecule has 0 unspecified atom stereocenters. The lowest BCUT2D eigenvalue weighted by Crippen LogP contribution is -2.47. The molecule has 4 heteroatoms. The zero-order valence-electron chi connectivity index (χ0n) is 12.1. The van der Waals surface area contributed by atoms with Crippen molar-refractivity contribution >= 4 is 0 Å². The topological polar surface area (TPSA) is 56.7 Å². The molecule has 0 bridgehead atoms. The number of hydrogen-bond acceptors (Lipinski definition) is 3. The van der Waals surface area contributed by atoms with Crippen molar-refractivity contribution in [3.05, 3.63) is 12.2 Å². The predicted molar refractivity (Wildman–Crippen MR) is 73.0 cm³/mol. The van der Waals surface area contributed by atoms with Crippen LogP contribution < -0.4 is 5.73 Å². The smallest absolute Gasteiger partial charge is 0.138 e. The Hall–Kier alpha value is -0.900. The van der Waals surface area contributed by atoms with Crippen molar-refractivity contribution < 1.29 is 0 Å². The Labute approximate surface area is 110 Å². The highest BCUT2D eigenvalue weighted by Gasteiger charge is 2.36. The van der Waals surface area contributed by atoms with Crippen molar-refractivity contribution in [1.29, 1.82) is 0 Å². The molecule has 0 atom stereocenters. The van der Waals surface area contributed by atoms with Gasteiger partial charge in [-0.1, -0.05) is 20.8 Å². The molecule has 0 amide bonds. The maximum Gasteiger partial charge on any atom is 0.138 e. The second-order valence-electron chi connectivity index (χ2n) is 6.98. The summed E-state index contributed by atoms with van der Waals surface area (Å²) in [5.41, 5.74) is 6.87. The highest BCUT2D eigenvalue weighted by molar-refractivity contribution is 5.00. The Morgan fingerprint density at radius 3 is 2.44 bits per heavy atom. The first kappa shape index (κ1) is 13.5. The average Bonchev–Trinajstić information content (AvgIpc) is 2.63. The minimum Gasteiger partial charge on any atom is -0.325 e. The van der Waals surface area contributed by atoms with Crippen LogP contribution in [0.2, 0.25) is 0 Å². The molecule has 1 aromatic rings. The number of nitrogens with two attached hydrogens (primary N) is 1. The average molecular weight is 250 g/mol. The lowest BCUT2D eigenvalue weighted by molar-refractivity contribution is 0.132. The molecule has 1 aliphatic carbocycles. The SMILES string of the molecule is Cn1ncnc1CC1(N)CCC(C(C)(C)C)CC1. The molecule has 4 nitrogen and oxygen atoms in total. The van der Waals surface area contributed by atoms with E-state index >= 15 is 0 Å². The van der Waals surface area contributed by atoms with Crippen molar-refractivity contribution in [2.45, 2.75) is 58.4 Å². The second kappa shape index (κ2) is 4.65. The third kappa shape index (κ3) is 2.91. The third-order valence-corrected chi connectivity index (χ3v) is 4.52. The number of aromatic nitrogens is 3. The Morgan fingerprint density at radius 1 is 1.39 bits per heavy atom. The summed E-state index contributed by atoms with van der Waals surface area (Å²) in [7, 11) is 1.94. The normalized spacial score (nSPS) is 29.5. The highest BCUT2D eigenvalue weighted by atomic mass is 15.3. The standard InChI is InChI=1S/C14H26N4/c1-13(2,3)11-5-7-14(15,8-6-11)9-12-16-10-17-18(12)4/h10-11H,5-9,15H2,1-4H3. The minimum absolute atomic E-state index is 0.0808. The van der Waals surface area contributed by atoms with Gasteiger partial charge in [0.05, 0.1) is 0 Å². The molecule has 102 valence electrons. The fourth-order valence-electron chi connectivity index (χ4n) is 3.03. The minimum atomic E-state index is -0.0808. The van der Waals surface area contributed by atoms with E-state index in [1.807, 2.05) is 11.7 Å². The van der Waals surface area contributed by atoms with Gasteiger partial charge in [-0.15, -0.1) is 0 Å². The van der Waals surface area contributed by atoms with Gasteiger partial charge in [-0.05, 0) is 37.0 Å². The van der Waals surface area contributed by atoms with E-state index in [1.54, 1.807) is 6.33 Å². The molecule has 1 aliphatic rings. The van der Waals surface area contributed by atoms with Gasteiger partial charge in [0, 0.05) is 19.0 Å². The summed E-state index contributed by atoms with van der Waals surface area (Å²) in [5.74, 6) is 1.81. The van der Waals surface area contributed by atoms with Crippen LogP contribution in [0.3, 0.4) is 0 Å². The Balaban J connectivity index is 1.97. The van der Waals surface area contributed by atoms with E-state index in [2.05, 4.69) is 30.9 Å². The van der Waals surface area contributed by atoms with Gasteiger partial charge in [0.25, 0.3) is 0 Å². The third-order valence-electron chi connectivity index (χ3n) is 4.52. The van der Waals surface area contributed by atoms with Crippen LogP contribution in [0.5, 0.6) is 0 Å². The monoisotopic (exact) mass is 250 g/mol. The Bertz CT molecular complexity index is 394. The van der Waals surface area contributed by atoms with E-state index in [4.69, 9.17) is 5.73 Å². The van der Waals surface area contributed by atoms with Crippen LogP contribution in [-0.4, -0.2) is 20.3 Å². The zero-order chi connectivity index (χ0) is 13.4. The summed E-state index contributed by atoms with van der Waals surface area (Å²) in [5, 5.41) is 4.12. The van der Waals surface area contributed by atoms with Crippen LogP contribution in [0, 0.1) is 11.3 Å². The highest BCUT2D eigenvalue weighted by Crippen LogP contribution is 2.41. The number of rotatable bonds is 2. The quantitative estimate of drug-likeness (QED) is 0.876. The molecule has 1 fully saturated rings. The maximum absolute atomic E-state index is 6.54. The van der Waals surface area contributed by atoms with Gasteiger partial charge in [-0.2, -0.15) is 5.10 Å². The summed E-state index contributed by atoms with van der Waals surface area (Å²) in [6.45, 7) is 7.01. The molecular formula is C14H26N4. The summed E-state index contributed by atoms with van der Waals surface area (Å²) < 4.78 is 1.84. The van der Waals surface area contributed by atoms with Gasteiger partial charge in [0.1, 0.15) is 12.2 Å². The zero-order valence-corrected chi connectivity index (χ0v) is 12.1. The molecule has 2 N–H and O–H groups in total. The van der Waals surface area contributed by atoms with Crippen LogP contribution in [0.1, 0.15) is 52.3 Å². The largest absolute Gasteiger partial charge is 0.325 e. The van der Waals surface area contributed by atoms with Crippen LogP contribution in [0.4, 0.5) is 0 Å².